The van der Waals surface area contributed by atoms with Gasteiger partial charge in [-0.1, -0.05) is 23.3 Å². The number of rotatable bonds is 5. The molecule has 7 nitrogen and oxygen atoms in total. The third-order valence-corrected chi connectivity index (χ3v) is 5.51. The van der Waals surface area contributed by atoms with Crippen molar-refractivity contribution in [2.75, 3.05) is 13.4 Å². The van der Waals surface area contributed by atoms with Crippen molar-refractivity contribution in [1.82, 2.24) is 4.57 Å². The summed E-state index contributed by atoms with van der Waals surface area (Å²) in [5.74, 6) is 3.06. The Kier molecular flexibility index (Phi) is 5.87. The number of hydrogen-bond donors (Lipinski definition) is 0. The lowest BCUT2D eigenvalue weighted by molar-refractivity contribution is -0.113. The molecule has 1 aliphatic rings. The number of hydrogen-bond acceptors (Lipinski definition) is 6. The largest absolute Gasteiger partial charge is 0.462 e. The molecule has 1 amide bonds. The topological polar surface area (TPSA) is 79.1 Å². The lowest BCUT2D eigenvalue weighted by Gasteiger charge is -2.03. The molecule has 1 aliphatic heterocycles. The van der Waals surface area contributed by atoms with Crippen molar-refractivity contribution >= 4 is 39.5 Å². The van der Waals surface area contributed by atoms with E-state index in [0.717, 1.165) is 15.8 Å². The molecule has 0 saturated heterocycles. The molecule has 0 aliphatic carbocycles. The first-order valence-electron chi connectivity index (χ1n) is 9.49. The molecule has 0 bridgehead atoms. The molecule has 31 heavy (non-hydrogen) atoms. The Labute approximate surface area is 182 Å². The number of carbonyl (C=O) groups excluding carboxylic acids is 2. The van der Waals surface area contributed by atoms with Crippen molar-refractivity contribution < 1.29 is 23.8 Å². The van der Waals surface area contributed by atoms with Crippen molar-refractivity contribution in [2.45, 2.75) is 13.5 Å². The van der Waals surface area contributed by atoms with Gasteiger partial charge in [-0.2, -0.15) is 4.99 Å². The molecule has 2 heterocycles. The van der Waals surface area contributed by atoms with Crippen LogP contribution in [0, 0.1) is 12.3 Å². The monoisotopic (exact) mass is 434 g/mol. The molecule has 156 valence electrons. The van der Waals surface area contributed by atoms with E-state index in [-0.39, 0.29) is 13.3 Å². The van der Waals surface area contributed by atoms with Crippen molar-refractivity contribution in [3.63, 3.8) is 0 Å². The molecule has 3 aromatic rings. The predicted octanol–water partition coefficient (Wildman–Crippen LogP) is 3.38. The maximum atomic E-state index is 12.5. The van der Waals surface area contributed by atoms with E-state index in [1.54, 1.807) is 47.9 Å². The Hall–Kier alpha value is -3.83. The van der Waals surface area contributed by atoms with Crippen molar-refractivity contribution in [1.29, 1.82) is 0 Å². The van der Waals surface area contributed by atoms with Gasteiger partial charge in [0.1, 0.15) is 0 Å². The molecule has 1 aromatic heterocycles. The summed E-state index contributed by atoms with van der Waals surface area (Å²) < 4.78 is 18.2. The van der Waals surface area contributed by atoms with Gasteiger partial charge in [0, 0.05) is 6.08 Å². The smallest absolute Gasteiger partial charge is 0.338 e. The molecule has 0 saturated carbocycles. The highest BCUT2D eigenvalue weighted by Crippen LogP contribution is 2.32. The minimum atomic E-state index is -0.430. The summed E-state index contributed by atoms with van der Waals surface area (Å²) in [5.41, 5.74) is 2.02. The highest BCUT2D eigenvalue weighted by molar-refractivity contribution is 7.16. The zero-order valence-corrected chi connectivity index (χ0v) is 17.5. The van der Waals surface area contributed by atoms with E-state index in [2.05, 4.69) is 10.9 Å². The van der Waals surface area contributed by atoms with Crippen molar-refractivity contribution in [2.24, 2.45) is 4.99 Å². The number of carbonyl (C=O) groups is 2. The highest BCUT2D eigenvalue weighted by atomic mass is 32.1. The first-order valence-corrected chi connectivity index (χ1v) is 10.3. The number of nitrogens with zero attached hydrogens (tertiary/aromatic N) is 2. The summed E-state index contributed by atoms with van der Waals surface area (Å²) in [4.78, 5) is 29.1. The number of esters is 1. The fourth-order valence-electron chi connectivity index (χ4n) is 3.06. The Morgan fingerprint density at radius 1 is 1.26 bits per heavy atom. The van der Waals surface area contributed by atoms with Crippen LogP contribution in [0.2, 0.25) is 0 Å². The van der Waals surface area contributed by atoms with Gasteiger partial charge in [0.25, 0.3) is 5.91 Å². The second-order valence-electron chi connectivity index (χ2n) is 6.47. The predicted molar refractivity (Wildman–Crippen MR) is 117 cm³/mol. The number of ether oxygens (including phenoxy) is 3. The Balaban J connectivity index is 1.65. The van der Waals surface area contributed by atoms with Crippen LogP contribution in [0.15, 0.2) is 47.5 Å². The number of benzene rings is 2. The van der Waals surface area contributed by atoms with Crippen LogP contribution in [-0.2, 0) is 16.1 Å². The Morgan fingerprint density at radius 3 is 2.90 bits per heavy atom. The molecule has 0 N–H and O–H groups in total. The third kappa shape index (κ3) is 4.37. The quantitative estimate of drug-likeness (QED) is 0.349. The summed E-state index contributed by atoms with van der Waals surface area (Å²) >= 11 is 1.28. The van der Waals surface area contributed by atoms with Crippen LogP contribution in [0.25, 0.3) is 16.3 Å². The van der Waals surface area contributed by atoms with Crippen LogP contribution in [0.5, 0.6) is 11.5 Å². The van der Waals surface area contributed by atoms with Gasteiger partial charge in [-0.25, -0.2) is 4.79 Å². The summed E-state index contributed by atoms with van der Waals surface area (Å²) in [6.07, 6.45) is 8.54. The van der Waals surface area contributed by atoms with Gasteiger partial charge < -0.3 is 18.8 Å². The van der Waals surface area contributed by atoms with E-state index in [1.165, 1.54) is 17.4 Å². The molecular formula is C23H18N2O5S. The fraction of sp³-hybridized carbons (Fsp3) is 0.174. The lowest BCUT2D eigenvalue weighted by Crippen LogP contribution is -2.15. The van der Waals surface area contributed by atoms with Gasteiger partial charge in [0.05, 0.1) is 28.9 Å². The number of amides is 1. The van der Waals surface area contributed by atoms with E-state index in [4.69, 9.17) is 20.6 Å². The third-order valence-electron chi connectivity index (χ3n) is 4.46. The van der Waals surface area contributed by atoms with Crippen LogP contribution >= 0.6 is 11.3 Å². The van der Waals surface area contributed by atoms with E-state index in [9.17, 15) is 9.59 Å². The van der Waals surface area contributed by atoms with E-state index in [0.29, 0.717) is 28.5 Å². The maximum Gasteiger partial charge on any atom is 0.338 e. The fourth-order valence-corrected chi connectivity index (χ4v) is 4.13. The summed E-state index contributed by atoms with van der Waals surface area (Å²) in [6, 6.07) is 10.6. The number of aromatic nitrogens is 1. The standard InChI is InChI=1S/C23H18N2O5S/c1-3-11-25-17-8-7-16(22(27)28-4-2)13-20(17)31-23(25)24-21(26)10-6-15-5-9-18-19(12-15)30-14-29-18/h1,5-10,12-13H,4,11,14H2,2H3/b10-6-,24-23?. The van der Waals surface area contributed by atoms with E-state index >= 15 is 0 Å². The average molecular weight is 434 g/mol. The minimum Gasteiger partial charge on any atom is -0.462 e. The Morgan fingerprint density at radius 2 is 2.10 bits per heavy atom. The van der Waals surface area contributed by atoms with Gasteiger partial charge in [-0.05, 0) is 48.9 Å². The molecule has 8 heteroatoms. The van der Waals surface area contributed by atoms with Crippen molar-refractivity contribution in [3.05, 3.63) is 58.4 Å². The SMILES string of the molecule is C#CCn1c(=NC(=O)/C=C\c2ccc3c(c2)OCO3)sc2cc(C(=O)OCC)ccc21. The zero-order chi connectivity index (χ0) is 21.8. The molecule has 0 atom stereocenters. The summed E-state index contributed by atoms with van der Waals surface area (Å²) in [5, 5.41) is 0. The van der Waals surface area contributed by atoms with Crippen LogP contribution in [0.1, 0.15) is 22.8 Å². The molecule has 2 aromatic carbocycles. The number of thiazole rings is 1. The van der Waals surface area contributed by atoms with Crippen LogP contribution in [-0.4, -0.2) is 29.8 Å². The second-order valence-corrected chi connectivity index (χ2v) is 7.48. The minimum absolute atomic E-state index is 0.190. The number of fused-ring (bicyclic) bond motifs is 2. The average Bonchev–Trinajstić information content (AvgIpc) is 3.36. The van der Waals surface area contributed by atoms with E-state index in [1.807, 2.05) is 6.07 Å². The maximum absolute atomic E-state index is 12.5. The Bertz CT molecular complexity index is 1310. The van der Waals surface area contributed by atoms with Gasteiger partial charge in [-0.15, -0.1) is 6.42 Å². The molecule has 0 spiro atoms. The van der Waals surface area contributed by atoms with Crippen LogP contribution in [0.3, 0.4) is 0 Å². The normalized spacial score (nSPS) is 13.0. The lowest BCUT2D eigenvalue weighted by atomic mass is 10.2. The van der Waals surface area contributed by atoms with Gasteiger partial charge in [0.2, 0.25) is 6.79 Å². The first-order chi connectivity index (χ1) is 15.1. The molecule has 0 radical (unpaired) electrons. The van der Waals surface area contributed by atoms with Crippen LogP contribution in [0.4, 0.5) is 0 Å². The van der Waals surface area contributed by atoms with Crippen LogP contribution < -0.4 is 14.3 Å². The van der Waals surface area contributed by atoms with E-state index < -0.39 is 11.9 Å². The first kappa shape index (κ1) is 20.4. The zero-order valence-electron chi connectivity index (χ0n) is 16.7. The molecular weight excluding hydrogens is 416 g/mol. The number of terminal acetylenes is 1. The van der Waals surface area contributed by atoms with Gasteiger partial charge in [0.15, 0.2) is 16.3 Å². The van der Waals surface area contributed by atoms with Gasteiger partial charge in [-0.3, -0.25) is 4.79 Å². The highest BCUT2D eigenvalue weighted by Gasteiger charge is 2.13. The summed E-state index contributed by atoms with van der Waals surface area (Å²) in [7, 11) is 0. The molecule has 0 fully saturated rings. The van der Waals surface area contributed by atoms with Gasteiger partial charge >= 0.3 is 5.97 Å². The molecule has 4 rings (SSSR count). The second kappa shape index (κ2) is 8.90. The summed E-state index contributed by atoms with van der Waals surface area (Å²) in [6.45, 7) is 2.48. The molecule has 0 unspecified atom stereocenters. The van der Waals surface area contributed by atoms with Crippen molar-refractivity contribution in [3.8, 4) is 23.8 Å².